The fourth-order valence-electron chi connectivity index (χ4n) is 4.12. The maximum Gasteiger partial charge on any atom is 0.586 e. The molecule has 2 heterocycles. The molecule has 0 radical (unpaired) electrons. The van der Waals surface area contributed by atoms with Gasteiger partial charge in [0.25, 0.3) is 0 Å². The topological polar surface area (TPSA) is 63.4 Å². The van der Waals surface area contributed by atoms with Gasteiger partial charge in [0.2, 0.25) is 5.91 Å². The Labute approximate surface area is 165 Å². The van der Waals surface area contributed by atoms with Gasteiger partial charge < -0.3 is 19.8 Å². The van der Waals surface area contributed by atoms with Crippen molar-refractivity contribution in [3.05, 3.63) is 53.7 Å². The van der Waals surface area contributed by atoms with Crippen LogP contribution < -0.4 is 14.8 Å². The number of anilines is 1. The van der Waals surface area contributed by atoms with Crippen LogP contribution in [0, 0.1) is 0 Å². The Bertz CT molecular complexity index is 1160. The van der Waals surface area contributed by atoms with E-state index < -0.39 is 11.7 Å². The van der Waals surface area contributed by atoms with E-state index in [9.17, 15) is 13.6 Å². The number of carbonyl (C=O) groups is 1. The molecular weight excluding hydrogens is 378 g/mol. The van der Waals surface area contributed by atoms with Crippen LogP contribution in [0.2, 0.25) is 0 Å². The van der Waals surface area contributed by atoms with Gasteiger partial charge in [-0.05, 0) is 73.6 Å². The molecule has 3 aliphatic rings. The van der Waals surface area contributed by atoms with Crippen LogP contribution in [0.3, 0.4) is 0 Å². The van der Waals surface area contributed by atoms with Gasteiger partial charge in [0.05, 0.1) is 5.41 Å². The molecule has 2 aromatic carbocycles. The van der Waals surface area contributed by atoms with Crippen LogP contribution in [-0.2, 0) is 10.2 Å². The summed E-state index contributed by atoms with van der Waals surface area (Å²) in [4.78, 5) is 16.5. The zero-order valence-corrected chi connectivity index (χ0v) is 15.4. The SMILES string of the molecule is O=C(Nc1ccc2[nH]c(C3CC3)cc2c1)C1(c2ccc3c(c2)OC(F)(F)O3)CC1. The lowest BCUT2D eigenvalue weighted by Gasteiger charge is -2.16. The van der Waals surface area contributed by atoms with Crippen LogP contribution in [-0.4, -0.2) is 17.2 Å². The normalized spacial score (nSPS) is 20.6. The first-order valence-electron chi connectivity index (χ1n) is 9.76. The fourth-order valence-corrected chi connectivity index (χ4v) is 4.12. The molecule has 148 valence electrons. The second-order valence-corrected chi connectivity index (χ2v) is 8.17. The van der Waals surface area contributed by atoms with Gasteiger partial charge in [-0.1, -0.05) is 6.07 Å². The van der Waals surface area contributed by atoms with Crippen LogP contribution in [0.4, 0.5) is 14.5 Å². The van der Waals surface area contributed by atoms with Gasteiger partial charge in [-0.3, -0.25) is 4.79 Å². The predicted molar refractivity (Wildman–Crippen MR) is 102 cm³/mol. The number of benzene rings is 2. The van der Waals surface area contributed by atoms with E-state index in [1.165, 1.54) is 30.7 Å². The van der Waals surface area contributed by atoms with E-state index in [-0.39, 0.29) is 17.4 Å². The molecule has 1 aliphatic heterocycles. The first kappa shape index (κ1) is 16.8. The highest BCUT2D eigenvalue weighted by atomic mass is 19.3. The molecule has 5 nitrogen and oxygen atoms in total. The Morgan fingerprint density at radius 2 is 1.83 bits per heavy atom. The average Bonchev–Trinajstić information content (AvgIpc) is 3.59. The molecule has 0 saturated heterocycles. The lowest BCUT2D eigenvalue weighted by molar-refractivity contribution is -0.286. The van der Waals surface area contributed by atoms with Crippen molar-refractivity contribution >= 4 is 22.5 Å². The number of amides is 1. The van der Waals surface area contributed by atoms with Crippen LogP contribution >= 0.6 is 0 Å². The summed E-state index contributed by atoms with van der Waals surface area (Å²) in [6.45, 7) is 0. The number of rotatable bonds is 4. The second kappa shape index (κ2) is 5.49. The fraction of sp³-hybridized carbons (Fsp3) is 0.318. The predicted octanol–water partition coefficient (Wildman–Crippen LogP) is 5.04. The van der Waals surface area contributed by atoms with Crippen molar-refractivity contribution in [1.29, 1.82) is 0 Å². The number of halogens is 2. The van der Waals surface area contributed by atoms with E-state index in [1.807, 2.05) is 18.2 Å². The minimum Gasteiger partial charge on any atom is -0.395 e. The van der Waals surface area contributed by atoms with Gasteiger partial charge in [0.1, 0.15) is 0 Å². The summed E-state index contributed by atoms with van der Waals surface area (Å²) >= 11 is 0. The Morgan fingerprint density at radius 3 is 2.59 bits per heavy atom. The van der Waals surface area contributed by atoms with Crippen molar-refractivity contribution < 1.29 is 23.0 Å². The number of carbonyl (C=O) groups excluding carboxylic acids is 1. The van der Waals surface area contributed by atoms with E-state index in [4.69, 9.17) is 0 Å². The first-order chi connectivity index (χ1) is 13.9. The maximum atomic E-state index is 13.3. The molecule has 0 spiro atoms. The molecular formula is C22H18F2N2O3. The summed E-state index contributed by atoms with van der Waals surface area (Å²) in [7, 11) is 0. The van der Waals surface area contributed by atoms with Gasteiger partial charge in [-0.2, -0.15) is 0 Å². The van der Waals surface area contributed by atoms with Crippen LogP contribution in [0.1, 0.15) is 42.9 Å². The molecule has 0 bridgehead atoms. The van der Waals surface area contributed by atoms with Crippen molar-refractivity contribution in [2.45, 2.75) is 43.3 Å². The van der Waals surface area contributed by atoms with Gasteiger partial charge in [-0.25, -0.2) is 0 Å². The smallest absolute Gasteiger partial charge is 0.395 e. The number of aromatic amines is 1. The second-order valence-electron chi connectivity index (χ2n) is 8.17. The summed E-state index contributed by atoms with van der Waals surface area (Å²) in [5.41, 5.74) is 2.97. The van der Waals surface area contributed by atoms with Crippen LogP contribution in [0.25, 0.3) is 10.9 Å². The molecule has 2 N–H and O–H groups in total. The molecule has 2 saturated carbocycles. The summed E-state index contributed by atoms with van der Waals surface area (Å²) in [5.74, 6) is 0.446. The summed E-state index contributed by atoms with van der Waals surface area (Å²) in [5, 5.41) is 4.07. The average molecular weight is 396 g/mol. The largest absolute Gasteiger partial charge is 0.586 e. The molecule has 1 amide bonds. The summed E-state index contributed by atoms with van der Waals surface area (Å²) < 4.78 is 35.6. The minimum atomic E-state index is -3.66. The first-order valence-corrected chi connectivity index (χ1v) is 9.76. The molecule has 6 rings (SSSR count). The van der Waals surface area contributed by atoms with Gasteiger partial charge in [0.15, 0.2) is 11.5 Å². The quantitative estimate of drug-likeness (QED) is 0.650. The number of H-pyrrole nitrogens is 1. The molecule has 2 aliphatic carbocycles. The zero-order chi connectivity index (χ0) is 19.8. The third-order valence-electron chi connectivity index (χ3n) is 6.06. The summed E-state index contributed by atoms with van der Waals surface area (Å²) in [6, 6.07) is 12.5. The molecule has 3 aromatic rings. The van der Waals surface area contributed by atoms with Crippen molar-refractivity contribution in [2.75, 3.05) is 5.32 Å². The van der Waals surface area contributed by atoms with Crippen LogP contribution in [0.5, 0.6) is 11.5 Å². The Balaban J connectivity index is 1.25. The monoisotopic (exact) mass is 396 g/mol. The molecule has 2 fully saturated rings. The third kappa shape index (κ3) is 2.75. The lowest BCUT2D eigenvalue weighted by Crippen LogP contribution is -2.27. The molecule has 0 atom stereocenters. The van der Waals surface area contributed by atoms with Crippen molar-refractivity contribution in [2.24, 2.45) is 0 Å². The van der Waals surface area contributed by atoms with E-state index >= 15 is 0 Å². The highest BCUT2D eigenvalue weighted by Crippen LogP contribution is 2.52. The highest BCUT2D eigenvalue weighted by molar-refractivity contribution is 6.02. The number of hydrogen-bond donors (Lipinski definition) is 2. The number of fused-ring (bicyclic) bond motifs is 2. The van der Waals surface area contributed by atoms with E-state index in [0.717, 1.165) is 16.6 Å². The van der Waals surface area contributed by atoms with E-state index in [2.05, 4.69) is 25.8 Å². The molecule has 0 unspecified atom stereocenters. The maximum absolute atomic E-state index is 13.3. The van der Waals surface area contributed by atoms with Gasteiger partial charge in [-0.15, -0.1) is 8.78 Å². The highest BCUT2D eigenvalue weighted by Gasteiger charge is 2.52. The van der Waals surface area contributed by atoms with Crippen LogP contribution in [0.15, 0.2) is 42.5 Å². The Morgan fingerprint density at radius 1 is 1.03 bits per heavy atom. The van der Waals surface area contributed by atoms with Gasteiger partial charge >= 0.3 is 6.29 Å². The van der Waals surface area contributed by atoms with E-state index in [1.54, 1.807) is 6.07 Å². The Hall–Kier alpha value is -3.09. The standard InChI is InChI=1S/C22H18F2N2O3/c23-22(24)28-18-6-3-14(11-19(18)29-22)21(7-8-21)20(27)25-15-4-5-16-13(9-15)10-17(26-16)12-1-2-12/h3-6,9-12,26H,1-2,7-8H2,(H,25,27). The Kier molecular flexibility index (Phi) is 3.19. The number of ether oxygens (including phenoxy) is 2. The van der Waals surface area contributed by atoms with Crippen molar-refractivity contribution in [1.82, 2.24) is 4.98 Å². The molecule has 1 aromatic heterocycles. The number of nitrogens with one attached hydrogen (secondary N) is 2. The lowest BCUT2D eigenvalue weighted by atomic mass is 9.94. The van der Waals surface area contributed by atoms with E-state index in [0.29, 0.717) is 24.3 Å². The third-order valence-corrected chi connectivity index (χ3v) is 6.06. The number of aromatic nitrogens is 1. The number of alkyl halides is 2. The van der Waals surface area contributed by atoms with Crippen molar-refractivity contribution in [3.63, 3.8) is 0 Å². The van der Waals surface area contributed by atoms with Crippen molar-refractivity contribution in [3.8, 4) is 11.5 Å². The molecule has 29 heavy (non-hydrogen) atoms. The molecule has 7 heteroatoms. The zero-order valence-electron chi connectivity index (χ0n) is 15.4. The minimum absolute atomic E-state index is 0.0145. The van der Waals surface area contributed by atoms with Gasteiger partial charge in [0, 0.05) is 22.3 Å². The summed E-state index contributed by atoms with van der Waals surface area (Å²) in [6.07, 6.45) is 0.103. The number of hydrogen-bond acceptors (Lipinski definition) is 3.